The molecular weight excluding hydrogens is 220 g/mol. The lowest BCUT2D eigenvalue weighted by atomic mass is 9.84. The van der Waals surface area contributed by atoms with Gasteiger partial charge < -0.3 is 10.6 Å². The highest BCUT2D eigenvalue weighted by molar-refractivity contribution is 5.23. The second-order valence-corrected chi connectivity index (χ2v) is 5.53. The van der Waals surface area contributed by atoms with E-state index < -0.39 is 0 Å². The van der Waals surface area contributed by atoms with Crippen LogP contribution in [0.1, 0.15) is 39.2 Å². The van der Waals surface area contributed by atoms with E-state index in [1.54, 1.807) is 0 Å². The summed E-state index contributed by atoms with van der Waals surface area (Å²) in [5, 5.41) is 6.99. The minimum absolute atomic E-state index is 0.206. The fourth-order valence-corrected chi connectivity index (χ4v) is 2.03. The van der Waals surface area contributed by atoms with Crippen molar-refractivity contribution in [3.05, 3.63) is 35.9 Å². The Morgan fingerprint density at radius 1 is 0.944 bits per heavy atom. The monoisotopic (exact) mass is 248 g/mol. The Kier molecular flexibility index (Phi) is 6.99. The van der Waals surface area contributed by atoms with Gasteiger partial charge in [-0.2, -0.15) is 0 Å². The van der Waals surface area contributed by atoms with Crippen LogP contribution in [0.4, 0.5) is 0 Å². The lowest BCUT2D eigenvalue weighted by Crippen LogP contribution is -2.34. The van der Waals surface area contributed by atoms with Crippen LogP contribution in [-0.4, -0.2) is 26.2 Å². The average Bonchev–Trinajstić information content (AvgIpc) is 2.39. The largest absolute Gasteiger partial charge is 0.317 e. The topological polar surface area (TPSA) is 24.1 Å². The van der Waals surface area contributed by atoms with E-state index in [9.17, 15) is 0 Å². The van der Waals surface area contributed by atoms with Crippen LogP contribution >= 0.6 is 0 Å². The van der Waals surface area contributed by atoms with Crippen LogP contribution in [-0.2, 0) is 5.41 Å². The first kappa shape index (κ1) is 15.2. The molecule has 0 aliphatic rings. The first-order valence-electron chi connectivity index (χ1n) is 7.14. The minimum Gasteiger partial charge on any atom is -0.317 e. The van der Waals surface area contributed by atoms with Crippen molar-refractivity contribution in [3.8, 4) is 0 Å². The van der Waals surface area contributed by atoms with Crippen molar-refractivity contribution in [2.45, 2.75) is 39.0 Å². The fourth-order valence-electron chi connectivity index (χ4n) is 2.03. The minimum atomic E-state index is 0.206. The molecule has 0 unspecified atom stereocenters. The zero-order chi connectivity index (χ0) is 13.3. The van der Waals surface area contributed by atoms with Crippen LogP contribution in [0.25, 0.3) is 0 Å². The van der Waals surface area contributed by atoms with E-state index in [0.29, 0.717) is 0 Å². The SMILES string of the molecule is CCCNCCCNCC(C)(C)c1ccccc1. The molecule has 0 heterocycles. The van der Waals surface area contributed by atoms with Crippen molar-refractivity contribution >= 4 is 0 Å². The maximum absolute atomic E-state index is 3.56. The smallest absolute Gasteiger partial charge is 0.00431 e. The number of rotatable bonds is 9. The fraction of sp³-hybridized carbons (Fsp3) is 0.625. The molecule has 102 valence electrons. The summed E-state index contributed by atoms with van der Waals surface area (Å²) in [6, 6.07) is 10.7. The van der Waals surface area contributed by atoms with Gasteiger partial charge in [-0.05, 0) is 38.0 Å². The molecule has 1 aromatic rings. The molecule has 0 spiro atoms. The van der Waals surface area contributed by atoms with Crippen LogP contribution in [0.2, 0.25) is 0 Å². The van der Waals surface area contributed by atoms with Crippen LogP contribution in [0, 0.1) is 0 Å². The highest BCUT2D eigenvalue weighted by Crippen LogP contribution is 2.21. The van der Waals surface area contributed by atoms with Crippen molar-refractivity contribution in [1.29, 1.82) is 0 Å². The van der Waals surface area contributed by atoms with Crippen LogP contribution in [0.15, 0.2) is 30.3 Å². The quantitative estimate of drug-likeness (QED) is 0.657. The Bertz CT molecular complexity index is 306. The molecule has 0 saturated carbocycles. The van der Waals surface area contributed by atoms with Crippen LogP contribution < -0.4 is 10.6 Å². The maximum atomic E-state index is 3.56. The Balaban J connectivity index is 2.18. The molecule has 18 heavy (non-hydrogen) atoms. The van der Waals surface area contributed by atoms with Crippen LogP contribution in [0.5, 0.6) is 0 Å². The second kappa shape index (κ2) is 8.28. The van der Waals surface area contributed by atoms with E-state index >= 15 is 0 Å². The molecule has 0 aliphatic carbocycles. The molecule has 1 rings (SSSR count). The van der Waals surface area contributed by atoms with Gasteiger partial charge in [-0.1, -0.05) is 51.1 Å². The van der Waals surface area contributed by atoms with E-state index in [0.717, 1.165) is 26.2 Å². The van der Waals surface area contributed by atoms with Gasteiger partial charge in [0, 0.05) is 12.0 Å². The van der Waals surface area contributed by atoms with Crippen molar-refractivity contribution in [2.75, 3.05) is 26.2 Å². The molecule has 0 saturated heterocycles. The number of hydrogen-bond acceptors (Lipinski definition) is 2. The highest BCUT2D eigenvalue weighted by atomic mass is 14.9. The van der Waals surface area contributed by atoms with Gasteiger partial charge in [-0.3, -0.25) is 0 Å². The number of nitrogens with one attached hydrogen (secondary N) is 2. The molecule has 0 atom stereocenters. The number of hydrogen-bond donors (Lipinski definition) is 2. The lowest BCUT2D eigenvalue weighted by molar-refractivity contribution is 0.462. The molecule has 0 amide bonds. The van der Waals surface area contributed by atoms with E-state index in [2.05, 4.69) is 61.7 Å². The zero-order valence-electron chi connectivity index (χ0n) is 12.1. The summed E-state index contributed by atoms with van der Waals surface area (Å²) in [7, 11) is 0. The van der Waals surface area contributed by atoms with Gasteiger partial charge in [0.2, 0.25) is 0 Å². The summed E-state index contributed by atoms with van der Waals surface area (Å²) in [5.41, 5.74) is 1.61. The molecule has 2 heteroatoms. The van der Waals surface area contributed by atoms with Gasteiger partial charge in [-0.25, -0.2) is 0 Å². The van der Waals surface area contributed by atoms with Gasteiger partial charge in [-0.15, -0.1) is 0 Å². The predicted molar refractivity (Wildman–Crippen MR) is 80.1 cm³/mol. The molecule has 2 nitrogen and oxygen atoms in total. The van der Waals surface area contributed by atoms with E-state index in [1.807, 2.05) is 0 Å². The maximum Gasteiger partial charge on any atom is 0.00431 e. The molecular formula is C16H28N2. The molecule has 0 radical (unpaired) electrons. The van der Waals surface area contributed by atoms with Crippen molar-refractivity contribution in [3.63, 3.8) is 0 Å². The molecule has 0 bridgehead atoms. The summed E-state index contributed by atoms with van der Waals surface area (Å²) in [5.74, 6) is 0. The van der Waals surface area contributed by atoms with Crippen molar-refractivity contribution in [2.24, 2.45) is 0 Å². The molecule has 1 aromatic carbocycles. The van der Waals surface area contributed by atoms with Gasteiger partial charge in [0.25, 0.3) is 0 Å². The summed E-state index contributed by atoms with van der Waals surface area (Å²) in [6.07, 6.45) is 2.42. The summed E-state index contributed by atoms with van der Waals surface area (Å²) < 4.78 is 0. The third kappa shape index (κ3) is 5.65. The second-order valence-electron chi connectivity index (χ2n) is 5.53. The Morgan fingerprint density at radius 3 is 2.28 bits per heavy atom. The normalized spacial score (nSPS) is 11.7. The van der Waals surface area contributed by atoms with E-state index in [-0.39, 0.29) is 5.41 Å². The van der Waals surface area contributed by atoms with E-state index in [4.69, 9.17) is 0 Å². The summed E-state index contributed by atoms with van der Waals surface area (Å²) >= 11 is 0. The third-order valence-corrected chi connectivity index (χ3v) is 3.26. The first-order chi connectivity index (χ1) is 8.67. The van der Waals surface area contributed by atoms with Gasteiger partial charge in [0.15, 0.2) is 0 Å². The molecule has 0 fully saturated rings. The Labute approximate surface area is 112 Å². The van der Waals surface area contributed by atoms with Gasteiger partial charge in [0.05, 0.1) is 0 Å². The van der Waals surface area contributed by atoms with Crippen molar-refractivity contribution < 1.29 is 0 Å². The Morgan fingerprint density at radius 2 is 1.61 bits per heavy atom. The van der Waals surface area contributed by atoms with Crippen LogP contribution in [0.3, 0.4) is 0 Å². The molecule has 0 aromatic heterocycles. The predicted octanol–water partition coefficient (Wildman–Crippen LogP) is 2.94. The third-order valence-electron chi connectivity index (χ3n) is 3.26. The average molecular weight is 248 g/mol. The van der Waals surface area contributed by atoms with E-state index in [1.165, 1.54) is 18.4 Å². The number of benzene rings is 1. The zero-order valence-corrected chi connectivity index (χ0v) is 12.1. The first-order valence-corrected chi connectivity index (χ1v) is 7.14. The Hall–Kier alpha value is -0.860. The van der Waals surface area contributed by atoms with Crippen molar-refractivity contribution in [1.82, 2.24) is 10.6 Å². The summed E-state index contributed by atoms with van der Waals surface area (Å²) in [6.45, 7) is 11.2. The van der Waals surface area contributed by atoms with Gasteiger partial charge in [0.1, 0.15) is 0 Å². The summed E-state index contributed by atoms with van der Waals surface area (Å²) in [4.78, 5) is 0. The molecule has 2 N–H and O–H groups in total. The standard InChI is InChI=1S/C16H28N2/c1-4-11-17-12-8-13-18-14-16(2,3)15-9-6-5-7-10-15/h5-7,9-10,17-18H,4,8,11-14H2,1-3H3. The highest BCUT2D eigenvalue weighted by Gasteiger charge is 2.19. The lowest BCUT2D eigenvalue weighted by Gasteiger charge is -2.25. The molecule has 0 aliphatic heterocycles. The van der Waals surface area contributed by atoms with Gasteiger partial charge >= 0.3 is 0 Å².